The Hall–Kier alpha value is -3.15. The highest BCUT2D eigenvalue weighted by Gasteiger charge is 2.13. The first-order chi connectivity index (χ1) is 12.3. The Morgan fingerprint density at radius 3 is 2.69 bits per heavy atom. The van der Waals surface area contributed by atoms with E-state index in [0.29, 0.717) is 33.3 Å². The first-order valence-electron chi connectivity index (χ1n) is 7.63. The van der Waals surface area contributed by atoms with Crippen LogP contribution in [0.5, 0.6) is 0 Å². The molecule has 0 fully saturated rings. The number of aryl methyl sites for hydroxylation is 1. The fourth-order valence-electron chi connectivity index (χ4n) is 2.78. The van der Waals surface area contributed by atoms with Crippen molar-refractivity contribution in [1.82, 2.24) is 0 Å². The first kappa shape index (κ1) is 17.7. The van der Waals surface area contributed by atoms with E-state index >= 15 is 0 Å². The van der Waals surface area contributed by atoms with Gasteiger partial charge in [0.1, 0.15) is 5.58 Å². The molecular weight excluding hydrogens is 354 g/mol. The second kappa shape index (κ2) is 6.63. The van der Waals surface area contributed by atoms with Gasteiger partial charge >= 0.3 is 5.63 Å². The minimum absolute atomic E-state index is 0.251. The lowest BCUT2D eigenvalue weighted by Gasteiger charge is -2.10. The highest BCUT2D eigenvalue weighted by atomic mass is 32.2. The van der Waals surface area contributed by atoms with E-state index in [1.165, 1.54) is 0 Å². The van der Waals surface area contributed by atoms with Gasteiger partial charge in [0.2, 0.25) is 0 Å². The Morgan fingerprint density at radius 1 is 1.23 bits per heavy atom. The second-order valence-corrected chi connectivity index (χ2v) is 7.13. The molecule has 3 aromatic rings. The van der Waals surface area contributed by atoms with E-state index in [4.69, 9.17) is 14.8 Å². The average molecular weight is 369 g/mol. The topological polar surface area (TPSA) is 126 Å². The smallest absolute Gasteiger partial charge is 0.340 e. The molecule has 0 unspecified atom stereocenters. The number of hydrogen-bond donors (Lipinski definition) is 2. The molecule has 3 N–H and O–H groups in total. The van der Waals surface area contributed by atoms with Gasteiger partial charge in [0.15, 0.2) is 0 Å². The quantitative estimate of drug-likeness (QED) is 0.682. The SMILES string of the molecule is Cc1c(Cc2cccc(NS(N)(=O)=O)c2)c(=O)oc2ccc(C#N)cc12. The van der Waals surface area contributed by atoms with Crippen molar-refractivity contribution in [1.29, 1.82) is 5.26 Å². The first-order valence-corrected chi connectivity index (χ1v) is 9.17. The lowest BCUT2D eigenvalue weighted by molar-refractivity contribution is 0.551. The van der Waals surface area contributed by atoms with Crippen LogP contribution in [0.4, 0.5) is 5.69 Å². The third-order valence-corrected chi connectivity index (χ3v) is 4.50. The van der Waals surface area contributed by atoms with Gasteiger partial charge in [0.25, 0.3) is 10.2 Å². The molecule has 0 bridgehead atoms. The minimum atomic E-state index is -3.88. The van der Waals surface area contributed by atoms with Gasteiger partial charge in [-0.3, -0.25) is 4.72 Å². The molecule has 7 nitrogen and oxygen atoms in total. The summed E-state index contributed by atoms with van der Waals surface area (Å²) < 4.78 is 29.9. The van der Waals surface area contributed by atoms with Crippen LogP contribution in [-0.2, 0) is 16.6 Å². The number of nitrogens with two attached hydrogens (primary N) is 1. The summed E-state index contributed by atoms with van der Waals surface area (Å²) in [4.78, 5) is 12.4. The van der Waals surface area contributed by atoms with Gasteiger partial charge in [-0.05, 0) is 48.4 Å². The molecule has 132 valence electrons. The summed E-state index contributed by atoms with van der Waals surface area (Å²) in [5.74, 6) is 0. The number of benzene rings is 2. The van der Waals surface area contributed by atoms with Crippen molar-refractivity contribution in [2.45, 2.75) is 13.3 Å². The Morgan fingerprint density at radius 2 is 2.00 bits per heavy atom. The van der Waals surface area contributed by atoms with Gasteiger partial charge in [-0.15, -0.1) is 0 Å². The van der Waals surface area contributed by atoms with Crippen LogP contribution in [0.1, 0.15) is 22.3 Å². The van der Waals surface area contributed by atoms with Gasteiger partial charge in [0.05, 0.1) is 17.3 Å². The van der Waals surface area contributed by atoms with Gasteiger partial charge in [-0.1, -0.05) is 12.1 Å². The van der Waals surface area contributed by atoms with Crippen LogP contribution in [0, 0.1) is 18.3 Å². The third-order valence-electron chi connectivity index (χ3n) is 3.98. The predicted molar refractivity (Wildman–Crippen MR) is 97.9 cm³/mol. The molecule has 0 atom stereocenters. The van der Waals surface area contributed by atoms with E-state index in [2.05, 4.69) is 10.8 Å². The summed E-state index contributed by atoms with van der Waals surface area (Å²) in [5.41, 5.74) is 2.60. The van der Waals surface area contributed by atoms with Crippen molar-refractivity contribution >= 4 is 26.9 Å². The zero-order chi connectivity index (χ0) is 18.9. The van der Waals surface area contributed by atoms with Crippen molar-refractivity contribution in [3.63, 3.8) is 0 Å². The number of hydrogen-bond acceptors (Lipinski definition) is 5. The molecule has 0 aliphatic rings. The van der Waals surface area contributed by atoms with Gasteiger partial charge < -0.3 is 4.42 Å². The third kappa shape index (κ3) is 3.74. The Bertz CT molecular complexity index is 1210. The molecule has 0 spiro atoms. The molecule has 0 aliphatic carbocycles. The summed E-state index contributed by atoms with van der Waals surface area (Å²) in [6.07, 6.45) is 0.251. The fourth-order valence-corrected chi connectivity index (χ4v) is 3.23. The van der Waals surface area contributed by atoms with Crippen LogP contribution in [0.2, 0.25) is 0 Å². The van der Waals surface area contributed by atoms with Crippen molar-refractivity contribution in [3.05, 3.63) is 75.1 Å². The van der Waals surface area contributed by atoms with Gasteiger partial charge in [0, 0.05) is 17.4 Å². The number of nitrogens with one attached hydrogen (secondary N) is 1. The number of anilines is 1. The predicted octanol–water partition coefficient (Wildman–Crippen LogP) is 2.18. The fraction of sp³-hybridized carbons (Fsp3) is 0.111. The zero-order valence-corrected chi connectivity index (χ0v) is 14.6. The summed E-state index contributed by atoms with van der Waals surface area (Å²) >= 11 is 0. The highest BCUT2D eigenvalue weighted by molar-refractivity contribution is 7.90. The Kier molecular flexibility index (Phi) is 4.50. The lowest BCUT2D eigenvalue weighted by atomic mass is 9.98. The molecule has 0 amide bonds. The van der Waals surface area contributed by atoms with E-state index < -0.39 is 15.8 Å². The maximum Gasteiger partial charge on any atom is 0.340 e. The van der Waals surface area contributed by atoms with Gasteiger partial charge in [-0.2, -0.15) is 13.7 Å². The van der Waals surface area contributed by atoms with Crippen LogP contribution in [0.15, 0.2) is 51.7 Å². The molecule has 0 saturated heterocycles. The summed E-state index contributed by atoms with van der Waals surface area (Å²) in [7, 11) is -3.88. The van der Waals surface area contributed by atoms with Crippen molar-refractivity contribution in [3.8, 4) is 6.07 Å². The van der Waals surface area contributed by atoms with Crippen LogP contribution in [0.3, 0.4) is 0 Å². The van der Waals surface area contributed by atoms with E-state index in [1.54, 1.807) is 49.4 Å². The van der Waals surface area contributed by atoms with Crippen molar-refractivity contribution in [2.24, 2.45) is 5.14 Å². The molecule has 0 radical (unpaired) electrons. The molecule has 0 saturated carbocycles. The normalized spacial score (nSPS) is 11.3. The van der Waals surface area contributed by atoms with E-state index in [-0.39, 0.29) is 6.42 Å². The van der Waals surface area contributed by atoms with E-state index in [1.807, 2.05) is 0 Å². The monoisotopic (exact) mass is 369 g/mol. The van der Waals surface area contributed by atoms with E-state index in [0.717, 1.165) is 5.56 Å². The largest absolute Gasteiger partial charge is 0.423 e. The summed E-state index contributed by atoms with van der Waals surface area (Å²) in [6.45, 7) is 1.79. The zero-order valence-electron chi connectivity index (χ0n) is 13.8. The average Bonchev–Trinajstić information content (AvgIpc) is 2.57. The standard InChI is InChI=1S/C18H15N3O4S/c1-11-15-9-13(10-19)5-6-17(15)25-18(22)16(11)8-12-3-2-4-14(7-12)21-26(20,23)24/h2-7,9,21H,8H2,1H3,(H2,20,23,24). The molecular formula is C18H15N3O4S. The molecule has 1 aromatic heterocycles. The number of nitrogens with zero attached hydrogens (tertiary/aromatic N) is 1. The molecule has 1 heterocycles. The van der Waals surface area contributed by atoms with Crippen molar-refractivity contribution in [2.75, 3.05) is 4.72 Å². The molecule has 2 aromatic carbocycles. The van der Waals surface area contributed by atoms with Crippen LogP contribution >= 0.6 is 0 Å². The number of nitriles is 1. The Labute approximate surface area is 149 Å². The molecule has 3 rings (SSSR count). The maximum atomic E-state index is 12.4. The maximum absolute atomic E-state index is 12.4. The van der Waals surface area contributed by atoms with E-state index in [9.17, 15) is 13.2 Å². The molecule has 8 heteroatoms. The lowest BCUT2D eigenvalue weighted by Crippen LogP contribution is -2.21. The van der Waals surface area contributed by atoms with Crippen LogP contribution in [0.25, 0.3) is 11.0 Å². The van der Waals surface area contributed by atoms with Crippen LogP contribution in [-0.4, -0.2) is 8.42 Å². The van der Waals surface area contributed by atoms with Crippen LogP contribution < -0.4 is 15.5 Å². The van der Waals surface area contributed by atoms with Crippen molar-refractivity contribution < 1.29 is 12.8 Å². The number of fused-ring (bicyclic) bond motifs is 1. The molecule has 26 heavy (non-hydrogen) atoms. The molecule has 0 aliphatic heterocycles. The van der Waals surface area contributed by atoms with Gasteiger partial charge in [-0.25, -0.2) is 9.93 Å². The minimum Gasteiger partial charge on any atom is -0.423 e. The summed E-state index contributed by atoms with van der Waals surface area (Å²) in [6, 6.07) is 13.5. The summed E-state index contributed by atoms with van der Waals surface area (Å²) in [5, 5.41) is 14.7. The second-order valence-electron chi connectivity index (χ2n) is 5.84. The number of rotatable bonds is 4. The Balaban J connectivity index is 2.05. The highest BCUT2D eigenvalue weighted by Crippen LogP contribution is 2.23.